The van der Waals surface area contributed by atoms with Crippen LogP contribution in [-0.4, -0.2) is 25.7 Å². The maximum Gasteiger partial charge on any atom is 0.0991 e. The normalized spacial score (nSPS) is 23.5. The summed E-state index contributed by atoms with van der Waals surface area (Å²) in [5, 5.41) is 10.2. The van der Waals surface area contributed by atoms with E-state index in [9.17, 15) is 0 Å². The van der Waals surface area contributed by atoms with Gasteiger partial charge >= 0.3 is 0 Å². The highest BCUT2D eigenvalue weighted by molar-refractivity contribution is 5.15. The van der Waals surface area contributed by atoms with Gasteiger partial charge in [-0.2, -0.15) is 0 Å². The second kappa shape index (κ2) is 4.33. The van der Waals surface area contributed by atoms with Gasteiger partial charge in [-0.15, -0.1) is 0 Å². The number of nitrogens with one attached hydrogen (secondary N) is 3. The molecule has 1 fully saturated rings. The Morgan fingerprint density at radius 1 is 1.31 bits per heavy atom. The lowest BCUT2D eigenvalue weighted by Gasteiger charge is -2.26. The molecule has 0 aromatic heterocycles. The average molecular weight is 179 g/mol. The lowest BCUT2D eigenvalue weighted by molar-refractivity contribution is 0.404. The molecular formula is C10H17N3. The van der Waals surface area contributed by atoms with Crippen molar-refractivity contribution in [2.45, 2.75) is 18.9 Å². The van der Waals surface area contributed by atoms with E-state index in [1.165, 1.54) is 18.7 Å². The first-order valence-corrected chi connectivity index (χ1v) is 5.03. The molecule has 0 atom stereocenters. The topological polar surface area (TPSA) is 36.1 Å². The maximum absolute atomic E-state index is 3.52. The number of hydrogen-bond donors (Lipinski definition) is 3. The van der Waals surface area contributed by atoms with Crippen molar-refractivity contribution in [1.29, 1.82) is 0 Å². The van der Waals surface area contributed by atoms with Crippen LogP contribution in [-0.2, 0) is 0 Å². The molecule has 0 aliphatic carbocycles. The quantitative estimate of drug-likeness (QED) is 0.571. The minimum Gasteiger partial charge on any atom is -0.369 e. The van der Waals surface area contributed by atoms with Crippen molar-refractivity contribution in [2.24, 2.45) is 0 Å². The molecule has 2 heterocycles. The lowest BCUT2D eigenvalue weighted by Crippen LogP contribution is -2.42. The van der Waals surface area contributed by atoms with Crippen LogP contribution in [0.3, 0.4) is 0 Å². The number of hydrogen-bond acceptors (Lipinski definition) is 3. The van der Waals surface area contributed by atoms with E-state index in [0.29, 0.717) is 6.04 Å². The van der Waals surface area contributed by atoms with Crippen molar-refractivity contribution < 1.29 is 0 Å². The Balaban J connectivity index is 1.82. The molecule has 3 heteroatoms. The van der Waals surface area contributed by atoms with Crippen LogP contribution in [0.25, 0.3) is 0 Å². The smallest absolute Gasteiger partial charge is 0.0991 e. The highest BCUT2D eigenvalue weighted by Gasteiger charge is 2.13. The van der Waals surface area contributed by atoms with Crippen molar-refractivity contribution >= 4 is 0 Å². The molecule has 0 unspecified atom stereocenters. The Labute approximate surface area is 79.3 Å². The predicted molar refractivity (Wildman–Crippen MR) is 54.3 cm³/mol. The minimum absolute atomic E-state index is 0.645. The SMILES string of the molecule is C1=CCNC(NC2CCNCC2)=C1. The van der Waals surface area contributed by atoms with Crippen molar-refractivity contribution in [3.63, 3.8) is 0 Å². The van der Waals surface area contributed by atoms with Gasteiger partial charge in [-0.25, -0.2) is 0 Å². The van der Waals surface area contributed by atoms with Gasteiger partial charge in [0.15, 0.2) is 0 Å². The Morgan fingerprint density at radius 2 is 2.15 bits per heavy atom. The number of allylic oxidation sites excluding steroid dienone is 2. The lowest BCUT2D eigenvalue weighted by atomic mass is 10.1. The molecule has 0 bridgehead atoms. The Hall–Kier alpha value is -0.960. The van der Waals surface area contributed by atoms with E-state index >= 15 is 0 Å². The van der Waals surface area contributed by atoms with E-state index in [1.807, 2.05) is 0 Å². The summed E-state index contributed by atoms with van der Waals surface area (Å²) in [6.07, 6.45) is 8.77. The monoisotopic (exact) mass is 179 g/mol. The number of rotatable bonds is 2. The summed E-state index contributed by atoms with van der Waals surface area (Å²) >= 11 is 0. The molecule has 2 aliphatic heterocycles. The van der Waals surface area contributed by atoms with Gasteiger partial charge in [-0.05, 0) is 32.0 Å². The van der Waals surface area contributed by atoms with Crippen LogP contribution in [0.1, 0.15) is 12.8 Å². The average Bonchev–Trinajstić information content (AvgIpc) is 2.21. The highest BCUT2D eigenvalue weighted by atomic mass is 15.1. The van der Waals surface area contributed by atoms with Crippen LogP contribution in [0, 0.1) is 0 Å². The van der Waals surface area contributed by atoms with Gasteiger partial charge in [0.25, 0.3) is 0 Å². The van der Waals surface area contributed by atoms with Crippen LogP contribution >= 0.6 is 0 Å². The zero-order valence-corrected chi connectivity index (χ0v) is 7.84. The fourth-order valence-corrected chi connectivity index (χ4v) is 1.75. The summed E-state index contributed by atoms with van der Waals surface area (Å²) in [4.78, 5) is 0. The molecule has 13 heavy (non-hydrogen) atoms. The van der Waals surface area contributed by atoms with E-state index in [0.717, 1.165) is 19.6 Å². The second-order valence-electron chi connectivity index (χ2n) is 3.56. The Kier molecular flexibility index (Phi) is 2.87. The van der Waals surface area contributed by atoms with Gasteiger partial charge in [-0.3, -0.25) is 0 Å². The summed E-state index contributed by atoms with van der Waals surface area (Å²) in [6, 6.07) is 0.645. The highest BCUT2D eigenvalue weighted by Crippen LogP contribution is 2.04. The van der Waals surface area contributed by atoms with Gasteiger partial charge in [0.05, 0.1) is 5.82 Å². The van der Waals surface area contributed by atoms with Crippen LogP contribution in [0.4, 0.5) is 0 Å². The zero-order valence-electron chi connectivity index (χ0n) is 7.84. The molecule has 0 radical (unpaired) electrons. The summed E-state index contributed by atoms with van der Waals surface area (Å²) in [7, 11) is 0. The van der Waals surface area contributed by atoms with Gasteiger partial charge < -0.3 is 16.0 Å². The number of dihydropyridines is 1. The van der Waals surface area contributed by atoms with E-state index in [2.05, 4.69) is 34.2 Å². The van der Waals surface area contributed by atoms with E-state index in [4.69, 9.17) is 0 Å². The van der Waals surface area contributed by atoms with Crippen LogP contribution < -0.4 is 16.0 Å². The fourth-order valence-electron chi connectivity index (χ4n) is 1.75. The third-order valence-corrected chi connectivity index (χ3v) is 2.51. The predicted octanol–water partition coefficient (Wildman–Crippen LogP) is 0.329. The first kappa shape index (κ1) is 8.63. The molecule has 0 aromatic rings. The van der Waals surface area contributed by atoms with Crippen molar-refractivity contribution in [2.75, 3.05) is 19.6 Å². The fraction of sp³-hybridized carbons (Fsp3) is 0.600. The van der Waals surface area contributed by atoms with E-state index in [-0.39, 0.29) is 0 Å². The van der Waals surface area contributed by atoms with Crippen molar-refractivity contribution in [3.8, 4) is 0 Å². The third kappa shape index (κ3) is 2.49. The minimum atomic E-state index is 0.645. The zero-order chi connectivity index (χ0) is 8.93. The summed E-state index contributed by atoms with van der Waals surface area (Å²) in [5.41, 5.74) is 0. The van der Waals surface area contributed by atoms with Crippen LogP contribution in [0.5, 0.6) is 0 Å². The second-order valence-corrected chi connectivity index (χ2v) is 3.56. The first-order chi connectivity index (χ1) is 6.45. The molecule has 2 rings (SSSR count). The van der Waals surface area contributed by atoms with Crippen LogP contribution in [0.2, 0.25) is 0 Å². The van der Waals surface area contributed by atoms with E-state index < -0.39 is 0 Å². The first-order valence-electron chi connectivity index (χ1n) is 5.03. The van der Waals surface area contributed by atoms with Crippen LogP contribution in [0.15, 0.2) is 24.0 Å². The number of piperidine rings is 1. The van der Waals surface area contributed by atoms with Gasteiger partial charge in [0, 0.05) is 12.6 Å². The third-order valence-electron chi connectivity index (χ3n) is 2.51. The molecule has 3 N–H and O–H groups in total. The molecule has 2 aliphatic rings. The van der Waals surface area contributed by atoms with Gasteiger partial charge in [0.2, 0.25) is 0 Å². The molecule has 72 valence electrons. The Bertz CT molecular complexity index is 214. The summed E-state index contributed by atoms with van der Waals surface area (Å²) in [5.74, 6) is 1.18. The molecule has 0 spiro atoms. The largest absolute Gasteiger partial charge is 0.369 e. The van der Waals surface area contributed by atoms with Gasteiger partial charge in [-0.1, -0.05) is 12.2 Å². The van der Waals surface area contributed by atoms with Crippen molar-refractivity contribution in [1.82, 2.24) is 16.0 Å². The molecule has 3 nitrogen and oxygen atoms in total. The van der Waals surface area contributed by atoms with E-state index in [1.54, 1.807) is 0 Å². The summed E-state index contributed by atoms with van der Waals surface area (Å²) in [6.45, 7) is 3.23. The summed E-state index contributed by atoms with van der Waals surface area (Å²) < 4.78 is 0. The standard InChI is InChI=1S/C10H17N3/c1-2-6-12-10(3-1)13-9-4-7-11-8-5-9/h1-3,9,11-13H,4-8H2. The maximum atomic E-state index is 3.52. The molecular weight excluding hydrogens is 162 g/mol. The molecule has 0 saturated carbocycles. The molecule has 1 saturated heterocycles. The Morgan fingerprint density at radius 3 is 2.85 bits per heavy atom. The van der Waals surface area contributed by atoms with Gasteiger partial charge in [0.1, 0.15) is 0 Å². The van der Waals surface area contributed by atoms with Crippen molar-refractivity contribution in [3.05, 3.63) is 24.0 Å². The molecule has 0 amide bonds. The molecule has 0 aromatic carbocycles.